The van der Waals surface area contributed by atoms with Gasteiger partial charge in [-0.3, -0.25) is 4.55 Å². The molecule has 7 nitrogen and oxygen atoms in total. The van der Waals surface area contributed by atoms with Gasteiger partial charge in [-0.1, -0.05) is 6.58 Å². The minimum absolute atomic E-state index is 0.143. The van der Waals surface area contributed by atoms with Gasteiger partial charge in [0.2, 0.25) is 0 Å². The van der Waals surface area contributed by atoms with Crippen molar-refractivity contribution in [2.24, 2.45) is 23.2 Å². The van der Waals surface area contributed by atoms with Crippen molar-refractivity contribution in [1.29, 1.82) is 0 Å². The topological polar surface area (TPSA) is 110 Å². The molecule has 4 aliphatic rings. The summed E-state index contributed by atoms with van der Waals surface area (Å²) in [7, 11) is -5.90. The first-order valence-corrected chi connectivity index (χ1v) is 12.2. The summed E-state index contributed by atoms with van der Waals surface area (Å²) in [5.74, 6) is -2.51. The molecule has 4 aliphatic carbocycles. The van der Waals surface area contributed by atoms with E-state index in [0.717, 1.165) is 0 Å². The summed E-state index contributed by atoms with van der Waals surface area (Å²) >= 11 is 0. The van der Waals surface area contributed by atoms with E-state index in [2.05, 4.69) is 11.3 Å². The van der Waals surface area contributed by atoms with Crippen LogP contribution >= 0.6 is 0 Å². The molecule has 36 heavy (non-hydrogen) atoms. The van der Waals surface area contributed by atoms with Gasteiger partial charge in [-0.25, -0.2) is 4.79 Å². The lowest BCUT2D eigenvalue weighted by atomic mass is 9.46. The second-order valence-electron chi connectivity index (χ2n) is 10.0. The molecule has 4 fully saturated rings. The second kappa shape index (κ2) is 9.05. The molecule has 0 aliphatic heterocycles. The van der Waals surface area contributed by atoms with Gasteiger partial charge in [0, 0.05) is 5.41 Å². The van der Waals surface area contributed by atoms with Crippen LogP contribution in [0.1, 0.15) is 38.5 Å². The number of hydrogen-bond donors (Lipinski definition) is 2. The van der Waals surface area contributed by atoms with Gasteiger partial charge in [-0.15, -0.1) is 0 Å². The van der Waals surface area contributed by atoms with Crippen LogP contribution in [0.5, 0.6) is 0 Å². The van der Waals surface area contributed by atoms with E-state index in [4.69, 9.17) is 9.29 Å². The lowest BCUT2D eigenvalue weighted by Gasteiger charge is -2.60. The van der Waals surface area contributed by atoms with Gasteiger partial charge in [-0.05, 0) is 56.3 Å². The molecule has 0 radical (unpaired) electrons. The number of halogens is 8. The van der Waals surface area contributed by atoms with Crippen molar-refractivity contribution in [3.05, 3.63) is 12.2 Å². The molecule has 16 heteroatoms. The van der Waals surface area contributed by atoms with Crippen LogP contribution in [0.4, 0.5) is 35.1 Å². The smallest absolute Gasteiger partial charge is 0.430 e. The van der Waals surface area contributed by atoms with Gasteiger partial charge in [-0.2, -0.15) is 43.5 Å². The Labute approximate surface area is 200 Å². The zero-order valence-corrected chi connectivity index (χ0v) is 19.4. The average Bonchev–Trinajstić information content (AvgIpc) is 2.67. The Morgan fingerprint density at radius 3 is 1.72 bits per heavy atom. The molecule has 4 rings (SSSR count). The highest BCUT2D eigenvalue weighted by Crippen LogP contribution is 2.65. The predicted molar refractivity (Wildman–Crippen MR) is 104 cm³/mol. The van der Waals surface area contributed by atoms with Crippen molar-refractivity contribution in [1.82, 2.24) is 0 Å². The number of hydrogen-bond acceptors (Lipinski definition) is 6. The van der Waals surface area contributed by atoms with Crippen molar-refractivity contribution in [2.75, 3.05) is 13.2 Å². The van der Waals surface area contributed by atoms with Crippen LogP contribution in [0.15, 0.2) is 12.2 Å². The first-order valence-electron chi connectivity index (χ1n) is 10.8. The molecule has 4 bridgehead atoms. The number of alkyl halides is 8. The van der Waals surface area contributed by atoms with Crippen LogP contribution in [0.25, 0.3) is 0 Å². The number of carbonyl (C=O) groups is 1. The van der Waals surface area contributed by atoms with Crippen LogP contribution in [-0.2, 0) is 24.4 Å². The number of ether oxygens (including phenoxy) is 2. The third-order valence-electron chi connectivity index (χ3n) is 7.32. The summed E-state index contributed by atoms with van der Waals surface area (Å²) < 4.78 is 148. The molecule has 0 aromatic heterocycles. The molecule has 0 aromatic carbocycles. The summed E-state index contributed by atoms with van der Waals surface area (Å²) in [6.07, 6.45) is -14.3. The molecule has 0 heterocycles. The molecule has 4 saturated carbocycles. The lowest BCUT2D eigenvalue weighted by Crippen LogP contribution is -2.71. The molecule has 0 amide bonds. The Kier molecular flexibility index (Phi) is 7.30. The molecule has 1 atom stereocenters. The largest absolute Gasteiger partial charge is 0.455 e. The van der Waals surface area contributed by atoms with Crippen molar-refractivity contribution >= 4 is 16.1 Å². The molecule has 1 unspecified atom stereocenters. The quantitative estimate of drug-likeness (QED) is 0.190. The van der Waals surface area contributed by atoms with Crippen LogP contribution in [0, 0.1) is 23.2 Å². The normalized spacial score (nSPS) is 29.8. The van der Waals surface area contributed by atoms with E-state index in [-0.39, 0.29) is 37.0 Å². The number of esters is 1. The second-order valence-corrected chi connectivity index (χ2v) is 11.6. The third-order valence-corrected chi connectivity index (χ3v) is 8.20. The van der Waals surface area contributed by atoms with Gasteiger partial charge in [0.25, 0.3) is 5.60 Å². The highest BCUT2D eigenvalue weighted by atomic mass is 32.2. The fourth-order valence-corrected chi connectivity index (χ4v) is 6.46. The SMILES string of the molecule is C=C(COCC(F)(F)S(=O)(=O)O)C(=O)OC(C12CC3CC(CC(C3)C1)C2)C(O)(C(F)(F)F)C(F)(F)F. The van der Waals surface area contributed by atoms with Crippen LogP contribution in [0.3, 0.4) is 0 Å². The van der Waals surface area contributed by atoms with Crippen molar-refractivity contribution < 1.29 is 67.5 Å². The van der Waals surface area contributed by atoms with E-state index in [1.165, 1.54) is 0 Å². The predicted octanol–water partition coefficient (Wildman–Crippen LogP) is 4.02. The maximum atomic E-state index is 13.9. The maximum absolute atomic E-state index is 13.9. The summed E-state index contributed by atoms with van der Waals surface area (Å²) in [5, 5.41) is 5.41. The first-order chi connectivity index (χ1) is 16.1. The Balaban J connectivity index is 1.89. The first kappa shape index (κ1) is 29.0. The number of rotatable bonds is 9. The third kappa shape index (κ3) is 5.10. The molecule has 208 valence electrons. The van der Waals surface area contributed by atoms with Crippen molar-refractivity contribution in [3.8, 4) is 0 Å². The molecule has 0 saturated heterocycles. The van der Waals surface area contributed by atoms with E-state index in [9.17, 15) is 53.4 Å². The highest BCUT2D eigenvalue weighted by Gasteiger charge is 2.79. The number of aliphatic hydroxyl groups is 1. The summed E-state index contributed by atoms with van der Waals surface area (Å²) in [6, 6.07) is 0. The van der Waals surface area contributed by atoms with Gasteiger partial charge in [0.05, 0.1) is 12.2 Å². The standard InChI is InChI=1S/C20H24F8O7S/c1-10(8-34-9-17(21,22)36(31,32)33)14(29)35-15(18(30,19(23,24)25)20(26,27)28)16-5-11-2-12(6-16)4-13(3-11)7-16/h11-13,15,30H,1-9H2,(H,31,32,33). The Hall–Kier alpha value is -1.52. The van der Waals surface area contributed by atoms with Crippen LogP contribution < -0.4 is 0 Å². The molecule has 0 spiro atoms. The Morgan fingerprint density at radius 2 is 1.36 bits per heavy atom. The van der Waals surface area contributed by atoms with E-state index in [0.29, 0.717) is 19.3 Å². The Morgan fingerprint density at radius 1 is 0.944 bits per heavy atom. The van der Waals surface area contributed by atoms with Crippen molar-refractivity contribution in [3.63, 3.8) is 0 Å². The average molecular weight is 560 g/mol. The summed E-state index contributed by atoms with van der Waals surface area (Å²) in [6.45, 7) is -0.223. The molecule has 0 aromatic rings. The van der Waals surface area contributed by atoms with Gasteiger partial charge in [0.15, 0.2) is 6.10 Å². The number of carbonyl (C=O) groups excluding carboxylic acids is 1. The van der Waals surface area contributed by atoms with Crippen molar-refractivity contribution in [2.45, 2.75) is 67.8 Å². The fraction of sp³-hybridized carbons (Fsp3) is 0.850. The van der Waals surface area contributed by atoms with Gasteiger partial charge >= 0.3 is 33.7 Å². The zero-order chi connectivity index (χ0) is 27.5. The fourth-order valence-electron chi connectivity index (χ4n) is 6.23. The summed E-state index contributed by atoms with van der Waals surface area (Å²) in [4.78, 5) is 12.5. The summed E-state index contributed by atoms with van der Waals surface area (Å²) in [5.41, 5.74) is -8.29. The van der Waals surface area contributed by atoms with E-state index in [1.54, 1.807) is 0 Å². The van der Waals surface area contributed by atoms with Gasteiger partial charge < -0.3 is 14.6 Å². The highest BCUT2D eigenvalue weighted by molar-refractivity contribution is 7.86. The molecule has 2 N–H and O–H groups in total. The van der Waals surface area contributed by atoms with Crippen LogP contribution in [-0.4, -0.2) is 66.6 Å². The van der Waals surface area contributed by atoms with E-state index >= 15 is 0 Å². The Bertz CT molecular complexity index is 940. The minimum atomic E-state index is -6.30. The zero-order valence-electron chi connectivity index (χ0n) is 18.5. The van der Waals surface area contributed by atoms with Gasteiger partial charge in [0.1, 0.15) is 6.61 Å². The molecular weight excluding hydrogens is 536 g/mol. The lowest BCUT2D eigenvalue weighted by molar-refractivity contribution is -0.406. The monoisotopic (exact) mass is 560 g/mol. The molecular formula is C20H24F8O7S. The maximum Gasteiger partial charge on any atom is 0.430 e. The minimum Gasteiger partial charge on any atom is -0.455 e. The van der Waals surface area contributed by atoms with E-state index < -0.39 is 69.6 Å². The van der Waals surface area contributed by atoms with E-state index in [1.807, 2.05) is 0 Å². The van der Waals surface area contributed by atoms with Crippen LogP contribution in [0.2, 0.25) is 0 Å².